The van der Waals surface area contributed by atoms with Crippen molar-refractivity contribution in [3.05, 3.63) is 52.0 Å². The normalized spacial score (nSPS) is 19.6. The first-order chi connectivity index (χ1) is 9.88. The number of aromatic nitrogens is 1. The molecule has 0 bridgehead atoms. The SMILES string of the molecule is CCC(NCC1CNCc2ccccc21)c1nccs1. The fourth-order valence-electron chi connectivity index (χ4n) is 2.86. The Labute approximate surface area is 124 Å². The molecule has 20 heavy (non-hydrogen) atoms. The maximum atomic E-state index is 4.44. The highest BCUT2D eigenvalue weighted by molar-refractivity contribution is 7.09. The predicted octanol–water partition coefficient (Wildman–Crippen LogP) is 3.07. The van der Waals surface area contributed by atoms with Gasteiger partial charge in [-0.05, 0) is 17.5 Å². The Kier molecular flexibility index (Phi) is 4.45. The average molecular weight is 287 g/mol. The molecule has 2 aromatic rings. The van der Waals surface area contributed by atoms with Gasteiger partial charge in [0, 0.05) is 37.1 Å². The van der Waals surface area contributed by atoms with Crippen molar-refractivity contribution in [3.63, 3.8) is 0 Å². The van der Waals surface area contributed by atoms with Crippen LogP contribution in [0.4, 0.5) is 0 Å². The summed E-state index contributed by atoms with van der Waals surface area (Å²) in [6.07, 6.45) is 2.97. The number of hydrogen-bond acceptors (Lipinski definition) is 4. The summed E-state index contributed by atoms with van der Waals surface area (Å²) < 4.78 is 0. The summed E-state index contributed by atoms with van der Waals surface area (Å²) in [5.41, 5.74) is 2.93. The van der Waals surface area contributed by atoms with Crippen LogP contribution in [0.5, 0.6) is 0 Å². The Bertz CT molecular complexity index is 538. The Morgan fingerprint density at radius 2 is 2.35 bits per heavy atom. The summed E-state index contributed by atoms with van der Waals surface area (Å²) in [6, 6.07) is 9.15. The second kappa shape index (κ2) is 6.48. The molecule has 2 atom stereocenters. The molecule has 2 heterocycles. The quantitative estimate of drug-likeness (QED) is 0.887. The van der Waals surface area contributed by atoms with Crippen LogP contribution >= 0.6 is 11.3 Å². The van der Waals surface area contributed by atoms with Gasteiger partial charge in [0.1, 0.15) is 5.01 Å². The molecule has 3 nitrogen and oxygen atoms in total. The van der Waals surface area contributed by atoms with Crippen molar-refractivity contribution >= 4 is 11.3 Å². The van der Waals surface area contributed by atoms with E-state index < -0.39 is 0 Å². The lowest BCUT2D eigenvalue weighted by Crippen LogP contribution is -2.35. The molecular formula is C16H21N3S. The Balaban J connectivity index is 1.67. The molecule has 0 spiro atoms. The first-order valence-corrected chi connectivity index (χ1v) is 8.17. The zero-order valence-corrected chi connectivity index (χ0v) is 12.6. The van der Waals surface area contributed by atoms with E-state index in [2.05, 4.69) is 52.2 Å². The molecule has 0 saturated carbocycles. The van der Waals surface area contributed by atoms with E-state index in [4.69, 9.17) is 0 Å². The summed E-state index contributed by atoms with van der Waals surface area (Å²) in [4.78, 5) is 4.44. The van der Waals surface area contributed by atoms with E-state index in [9.17, 15) is 0 Å². The van der Waals surface area contributed by atoms with Gasteiger partial charge in [0.05, 0.1) is 6.04 Å². The largest absolute Gasteiger partial charge is 0.312 e. The fraction of sp³-hybridized carbons (Fsp3) is 0.438. The highest BCUT2D eigenvalue weighted by Crippen LogP contribution is 2.25. The first kappa shape index (κ1) is 13.7. The standard InChI is InChI=1S/C16H21N3S/c1-2-15(16-18-7-8-20-16)19-11-13-10-17-9-12-5-3-4-6-14(12)13/h3-8,13,15,17,19H,2,9-11H2,1H3. The molecule has 4 heteroatoms. The van der Waals surface area contributed by atoms with Crippen LogP contribution in [0.1, 0.15) is 41.4 Å². The van der Waals surface area contributed by atoms with Crippen molar-refractivity contribution in [3.8, 4) is 0 Å². The van der Waals surface area contributed by atoms with Gasteiger partial charge in [-0.2, -0.15) is 0 Å². The number of hydrogen-bond donors (Lipinski definition) is 2. The maximum absolute atomic E-state index is 4.44. The van der Waals surface area contributed by atoms with E-state index in [1.54, 1.807) is 11.3 Å². The third-order valence-electron chi connectivity index (χ3n) is 3.97. The topological polar surface area (TPSA) is 37.0 Å². The zero-order valence-electron chi connectivity index (χ0n) is 11.8. The second-order valence-electron chi connectivity index (χ2n) is 5.27. The van der Waals surface area contributed by atoms with Gasteiger partial charge >= 0.3 is 0 Å². The maximum Gasteiger partial charge on any atom is 0.109 e. The van der Waals surface area contributed by atoms with Crippen molar-refractivity contribution in [1.29, 1.82) is 0 Å². The van der Waals surface area contributed by atoms with E-state index in [0.717, 1.165) is 26.1 Å². The highest BCUT2D eigenvalue weighted by Gasteiger charge is 2.21. The third-order valence-corrected chi connectivity index (χ3v) is 4.86. The predicted molar refractivity (Wildman–Crippen MR) is 84.0 cm³/mol. The minimum atomic E-state index is 0.379. The highest BCUT2D eigenvalue weighted by atomic mass is 32.1. The van der Waals surface area contributed by atoms with Crippen LogP contribution in [0.3, 0.4) is 0 Å². The lowest BCUT2D eigenvalue weighted by molar-refractivity contribution is 0.450. The van der Waals surface area contributed by atoms with E-state index in [1.165, 1.54) is 16.1 Å². The summed E-state index contributed by atoms with van der Waals surface area (Å²) in [5, 5.41) is 10.5. The molecule has 0 fully saturated rings. The van der Waals surface area contributed by atoms with Crippen LogP contribution in [-0.4, -0.2) is 18.1 Å². The van der Waals surface area contributed by atoms with Crippen LogP contribution in [-0.2, 0) is 6.54 Å². The lowest BCUT2D eigenvalue weighted by Gasteiger charge is -2.28. The lowest BCUT2D eigenvalue weighted by atomic mass is 9.90. The summed E-state index contributed by atoms with van der Waals surface area (Å²) in [7, 11) is 0. The van der Waals surface area contributed by atoms with Crippen LogP contribution in [0.2, 0.25) is 0 Å². The van der Waals surface area contributed by atoms with Gasteiger partial charge in [-0.25, -0.2) is 4.98 Å². The molecule has 2 N–H and O–H groups in total. The van der Waals surface area contributed by atoms with E-state index in [1.807, 2.05) is 6.20 Å². The minimum Gasteiger partial charge on any atom is -0.312 e. The molecule has 0 amide bonds. The number of thiazole rings is 1. The summed E-state index contributed by atoms with van der Waals surface area (Å²) in [5.74, 6) is 0.550. The average Bonchev–Trinajstić information content (AvgIpc) is 3.02. The van der Waals surface area contributed by atoms with Crippen molar-refractivity contribution < 1.29 is 0 Å². The molecule has 0 radical (unpaired) electrons. The fourth-order valence-corrected chi connectivity index (χ4v) is 3.66. The molecule has 106 valence electrons. The number of rotatable bonds is 5. The third kappa shape index (κ3) is 2.92. The molecule has 0 saturated heterocycles. The molecule has 1 aliphatic rings. The molecule has 3 rings (SSSR count). The van der Waals surface area contributed by atoms with Crippen molar-refractivity contribution in [2.75, 3.05) is 13.1 Å². The van der Waals surface area contributed by atoms with E-state index >= 15 is 0 Å². The summed E-state index contributed by atoms with van der Waals surface area (Å²) >= 11 is 1.74. The van der Waals surface area contributed by atoms with Crippen molar-refractivity contribution in [2.45, 2.75) is 31.8 Å². The van der Waals surface area contributed by atoms with Gasteiger partial charge in [0.25, 0.3) is 0 Å². The molecule has 0 aliphatic carbocycles. The molecule has 1 aromatic carbocycles. The molecular weight excluding hydrogens is 266 g/mol. The number of nitrogens with zero attached hydrogens (tertiary/aromatic N) is 1. The van der Waals surface area contributed by atoms with E-state index in [-0.39, 0.29) is 0 Å². The second-order valence-corrected chi connectivity index (χ2v) is 6.19. The van der Waals surface area contributed by atoms with Crippen molar-refractivity contribution in [2.24, 2.45) is 0 Å². The van der Waals surface area contributed by atoms with Gasteiger partial charge in [-0.3, -0.25) is 0 Å². The minimum absolute atomic E-state index is 0.379. The zero-order chi connectivity index (χ0) is 13.8. The Hall–Kier alpha value is -1.23. The van der Waals surface area contributed by atoms with Crippen LogP contribution in [0.25, 0.3) is 0 Å². The van der Waals surface area contributed by atoms with Gasteiger partial charge in [0.15, 0.2) is 0 Å². The van der Waals surface area contributed by atoms with E-state index in [0.29, 0.717) is 12.0 Å². The van der Waals surface area contributed by atoms with Gasteiger partial charge < -0.3 is 10.6 Å². The van der Waals surface area contributed by atoms with Gasteiger partial charge in [-0.15, -0.1) is 11.3 Å². The molecule has 1 aliphatic heterocycles. The summed E-state index contributed by atoms with van der Waals surface area (Å²) in [6.45, 7) is 5.27. The smallest absolute Gasteiger partial charge is 0.109 e. The Morgan fingerprint density at radius 1 is 1.45 bits per heavy atom. The van der Waals surface area contributed by atoms with Crippen LogP contribution in [0, 0.1) is 0 Å². The van der Waals surface area contributed by atoms with Gasteiger partial charge in [-0.1, -0.05) is 31.2 Å². The molecule has 1 aromatic heterocycles. The number of nitrogens with one attached hydrogen (secondary N) is 2. The van der Waals surface area contributed by atoms with Crippen molar-refractivity contribution in [1.82, 2.24) is 15.6 Å². The monoisotopic (exact) mass is 287 g/mol. The van der Waals surface area contributed by atoms with Crippen LogP contribution < -0.4 is 10.6 Å². The number of fused-ring (bicyclic) bond motifs is 1. The number of benzene rings is 1. The first-order valence-electron chi connectivity index (χ1n) is 7.29. The Morgan fingerprint density at radius 3 is 3.15 bits per heavy atom. The van der Waals surface area contributed by atoms with Crippen LogP contribution in [0.15, 0.2) is 35.8 Å². The molecule has 2 unspecified atom stereocenters. The van der Waals surface area contributed by atoms with Gasteiger partial charge in [0.2, 0.25) is 0 Å².